The third-order valence-electron chi connectivity index (χ3n) is 2.79. The number of Topliss-reactive ketones (excluding diaryl/α,β-unsaturated/α-hetero) is 1. The molecule has 1 atom stereocenters. The summed E-state index contributed by atoms with van der Waals surface area (Å²) in [6.07, 6.45) is 0.162. The van der Waals surface area contributed by atoms with Gasteiger partial charge in [-0.1, -0.05) is 20.8 Å². The van der Waals surface area contributed by atoms with E-state index in [0.29, 0.717) is 6.61 Å². The largest absolute Gasteiger partial charge is 0.370 e. The molecule has 0 aliphatic heterocycles. The van der Waals surface area contributed by atoms with E-state index in [1.54, 1.807) is 6.92 Å². The van der Waals surface area contributed by atoms with Crippen molar-refractivity contribution in [2.75, 3.05) is 6.61 Å². The molecule has 1 aromatic rings. The molecule has 1 rings (SSSR count). The summed E-state index contributed by atoms with van der Waals surface area (Å²) in [4.78, 5) is 11.9. The number of carbonyl (C=O) groups excluding carboxylic acids is 1. The molecule has 19 heavy (non-hydrogen) atoms. The number of ether oxygens (including phenoxy) is 1. The van der Waals surface area contributed by atoms with Crippen molar-refractivity contribution in [1.29, 1.82) is 0 Å². The van der Waals surface area contributed by atoms with Crippen molar-refractivity contribution >= 4 is 5.78 Å². The van der Waals surface area contributed by atoms with Crippen LogP contribution in [0.25, 0.3) is 0 Å². The van der Waals surface area contributed by atoms with E-state index in [1.807, 2.05) is 0 Å². The van der Waals surface area contributed by atoms with Crippen molar-refractivity contribution in [1.82, 2.24) is 0 Å². The van der Waals surface area contributed by atoms with Crippen LogP contribution in [0.4, 0.5) is 8.78 Å². The Kier molecular flexibility index (Phi) is 5.18. The van der Waals surface area contributed by atoms with Crippen LogP contribution >= 0.6 is 0 Å². The quantitative estimate of drug-likeness (QED) is 0.756. The monoisotopic (exact) mass is 270 g/mol. The van der Waals surface area contributed by atoms with Gasteiger partial charge in [0.2, 0.25) is 0 Å². The Labute approximate surface area is 112 Å². The van der Waals surface area contributed by atoms with Gasteiger partial charge in [0.15, 0.2) is 17.4 Å². The topological polar surface area (TPSA) is 26.3 Å². The van der Waals surface area contributed by atoms with Crippen molar-refractivity contribution < 1.29 is 18.3 Å². The summed E-state index contributed by atoms with van der Waals surface area (Å²) >= 11 is 0. The molecule has 0 aromatic heterocycles. The van der Waals surface area contributed by atoms with Crippen LogP contribution in [0, 0.1) is 17.0 Å². The van der Waals surface area contributed by atoms with E-state index >= 15 is 0 Å². The Hall–Kier alpha value is -1.29. The number of carbonyl (C=O) groups is 1. The molecule has 0 radical (unpaired) electrons. The van der Waals surface area contributed by atoms with Crippen LogP contribution in [-0.2, 0) is 4.74 Å². The highest BCUT2D eigenvalue weighted by Crippen LogP contribution is 2.19. The molecular weight excluding hydrogens is 250 g/mol. The lowest BCUT2D eigenvalue weighted by Gasteiger charge is -2.19. The molecule has 0 aliphatic carbocycles. The van der Waals surface area contributed by atoms with Gasteiger partial charge in [0, 0.05) is 12.2 Å². The molecule has 0 saturated heterocycles. The third kappa shape index (κ3) is 5.07. The standard InChI is InChI=1S/C15H20F2O2/c1-10(19-8-7-15(2,3)4)14(18)11-5-6-12(16)13(17)9-11/h5-6,9-10H,7-8H2,1-4H3. The summed E-state index contributed by atoms with van der Waals surface area (Å²) in [5, 5.41) is 0. The third-order valence-corrected chi connectivity index (χ3v) is 2.79. The highest BCUT2D eigenvalue weighted by molar-refractivity contribution is 5.99. The second-order valence-electron chi connectivity index (χ2n) is 5.82. The predicted molar refractivity (Wildman–Crippen MR) is 70.2 cm³/mol. The van der Waals surface area contributed by atoms with Crippen LogP contribution in [0.15, 0.2) is 18.2 Å². The van der Waals surface area contributed by atoms with Gasteiger partial charge < -0.3 is 4.74 Å². The highest BCUT2D eigenvalue weighted by Gasteiger charge is 2.18. The fourth-order valence-electron chi connectivity index (χ4n) is 1.50. The summed E-state index contributed by atoms with van der Waals surface area (Å²) in [5.41, 5.74) is 0.257. The molecule has 1 aromatic carbocycles. The van der Waals surface area contributed by atoms with Gasteiger partial charge >= 0.3 is 0 Å². The summed E-state index contributed by atoms with van der Waals surface area (Å²) in [6.45, 7) is 8.32. The molecule has 106 valence electrons. The van der Waals surface area contributed by atoms with E-state index in [2.05, 4.69) is 20.8 Å². The smallest absolute Gasteiger partial charge is 0.191 e. The van der Waals surface area contributed by atoms with Crippen molar-refractivity contribution in [2.45, 2.75) is 40.2 Å². The number of benzene rings is 1. The molecule has 0 fully saturated rings. The maximum Gasteiger partial charge on any atom is 0.191 e. The normalized spacial score (nSPS) is 13.4. The molecule has 0 aliphatic rings. The second kappa shape index (κ2) is 6.24. The number of halogens is 2. The molecule has 0 saturated carbocycles. The molecular formula is C15H20F2O2. The van der Waals surface area contributed by atoms with Crippen LogP contribution in [0.3, 0.4) is 0 Å². The Balaban J connectivity index is 2.59. The van der Waals surface area contributed by atoms with E-state index in [9.17, 15) is 13.6 Å². The molecule has 4 heteroatoms. The molecule has 2 nitrogen and oxygen atoms in total. The molecule has 0 heterocycles. The fourth-order valence-corrected chi connectivity index (χ4v) is 1.50. The van der Waals surface area contributed by atoms with Gasteiger partial charge in [-0.2, -0.15) is 0 Å². The summed E-state index contributed by atoms with van der Waals surface area (Å²) in [5.74, 6) is -2.32. The second-order valence-corrected chi connectivity index (χ2v) is 5.82. The van der Waals surface area contributed by atoms with E-state index in [0.717, 1.165) is 18.6 Å². The Morgan fingerprint density at radius 1 is 1.26 bits per heavy atom. The molecule has 0 N–H and O–H groups in total. The number of rotatable bonds is 5. The van der Waals surface area contributed by atoms with Gasteiger partial charge in [-0.25, -0.2) is 8.78 Å². The summed E-state index contributed by atoms with van der Waals surface area (Å²) in [6, 6.07) is 3.12. The summed E-state index contributed by atoms with van der Waals surface area (Å²) in [7, 11) is 0. The van der Waals surface area contributed by atoms with Gasteiger partial charge in [0.05, 0.1) is 0 Å². The van der Waals surface area contributed by atoms with E-state index < -0.39 is 17.7 Å². The van der Waals surface area contributed by atoms with Crippen LogP contribution in [0.1, 0.15) is 44.5 Å². The predicted octanol–water partition coefficient (Wildman–Crippen LogP) is 3.99. The molecule has 0 bridgehead atoms. The van der Waals surface area contributed by atoms with Crippen molar-refractivity contribution in [2.24, 2.45) is 5.41 Å². The van der Waals surface area contributed by atoms with Gasteiger partial charge in [0.25, 0.3) is 0 Å². The Bertz CT molecular complexity index is 450. The first-order chi connectivity index (χ1) is 8.70. The van der Waals surface area contributed by atoms with Gasteiger partial charge in [-0.05, 0) is 37.0 Å². The first-order valence-electron chi connectivity index (χ1n) is 6.31. The lowest BCUT2D eigenvalue weighted by molar-refractivity contribution is 0.0393. The SMILES string of the molecule is CC(OCCC(C)(C)C)C(=O)c1ccc(F)c(F)c1. The fraction of sp³-hybridized carbons (Fsp3) is 0.533. The number of hydrogen-bond donors (Lipinski definition) is 0. The lowest BCUT2D eigenvalue weighted by atomic mass is 9.93. The Morgan fingerprint density at radius 3 is 2.42 bits per heavy atom. The minimum Gasteiger partial charge on any atom is -0.370 e. The number of hydrogen-bond acceptors (Lipinski definition) is 2. The van der Waals surface area contributed by atoms with E-state index in [-0.39, 0.29) is 16.8 Å². The molecule has 0 amide bonds. The zero-order valence-corrected chi connectivity index (χ0v) is 11.8. The van der Waals surface area contributed by atoms with E-state index in [4.69, 9.17) is 4.74 Å². The zero-order valence-electron chi connectivity index (χ0n) is 11.8. The van der Waals surface area contributed by atoms with Gasteiger partial charge in [-0.3, -0.25) is 4.79 Å². The minimum absolute atomic E-state index is 0.127. The van der Waals surface area contributed by atoms with Crippen LogP contribution in [0.2, 0.25) is 0 Å². The zero-order chi connectivity index (χ0) is 14.6. The van der Waals surface area contributed by atoms with Crippen LogP contribution < -0.4 is 0 Å². The van der Waals surface area contributed by atoms with Gasteiger partial charge in [0.1, 0.15) is 6.10 Å². The average molecular weight is 270 g/mol. The van der Waals surface area contributed by atoms with Crippen molar-refractivity contribution in [3.05, 3.63) is 35.4 Å². The summed E-state index contributed by atoms with van der Waals surface area (Å²) < 4.78 is 31.3. The minimum atomic E-state index is -1.02. The Morgan fingerprint density at radius 2 is 1.89 bits per heavy atom. The van der Waals surface area contributed by atoms with Crippen LogP contribution in [0.5, 0.6) is 0 Å². The number of ketones is 1. The van der Waals surface area contributed by atoms with Gasteiger partial charge in [-0.15, -0.1) is 0 Å². The first kappa shape index (κ1) is 15.8. The van der Waals surface area contributed by atoms with Crippen molar-refractivity contribution in [3.8, 4) is 0 Å². The first-order valence-corrected chi connectivity index (χ1v) is 6.31. The van der Waals surface area contributed by atoms with E-state index in [1.165, 1.54) is 6.07 Å². The highest BCUT2D eigenvalue weighted by atomic mass is 19.2. The maximum absolute atomic E-state index is 13.0. The molecule has 1 unspecified atom stereocenters. The lowest BCUT2D eigenvalue weighted by Crippen LogP contribution is -2.23. The van der Waals surface area contributed by atoms with Crippen molar-refractivity contribution in [3.63, 3.8) is 0 Å². The average Bonchev–Trinajstić information content (AvgIpc) is 2.30. The van der Waals surface area contributed by atoms with Crippen LogP contribution in [-0.4, -0.2) is 18.5 Å². The maximum atomic E-state index is 13.0. The molecule has 0 spiro atoms.